The molecule has 3 aromatic carbocycles. The molecule has 1 aromatic heterocycles. The van der Waals surface area contributed by atoms with E-state index in [0.29, 0.717) is 12.4 Å². The van der Waals surface area contributed by atoms with Gasteiger partial charge < -0.3 is 19.0 Å². The van der Waals surface area contributed by atoms with E-state index in [1.54, 1.807) is 11.8 Å². The summed E-state index contributed by atoms with van der Waals surface area (Å²) < 4.78 is 21.2. The lowest BCUT2D eigenvalue weighted by Gasteiger charge is -2.37. The third kappa shape index (κ3) is 7.17. The predicted molar refractivity (Wildman–Crippen MR) is 186 cm³/mol. The van der Waals surface area contributed by atoms with Crippen LogP contribution in [0.5, 0.6) is 0 Å². The van der Waals surface area contributed by atoms with E-state index in [1.807, 2.05) is 54.6 Å². The zero-order chi connectivity index (χ0) is 33.0. The number of aromatic amines is 1. The van der Waals surface area contributed by atoms with Crippen LogP contribution in [0.2, 0.25) is 18.1 Å². The van der Waals surface area contributed by atoms with Crippen LogP contribution >= 0.6 is 11.8 Å². The van der Waals surface area contributed by atoms with Crippen molar-refractivity contribution in [2.75, 3.05) is 19.0 Å². The molecule has 0 radical (unpaired) electrons. The molecular formula is C36H44N2O6SSi. The third-order valence-electron chi connectivity index (χ3n) is 9.10. The van der Waals surface area contributed by atoms with Crippen molar-refractivity contribution < 1.29 is 19.0 Å². The molecule has 0 unspecified atom stereocenters. The molecule has 46 heavy (non-hydrogen) atoms. The average Bonchev–Trinajstić information content (AvgIpc) is 3.35. The van der Waals surface area contributed by atoms with Crippen molar-refractivity contribution >= 4 is 20.1 Å². The molecule has 8 nitrogen and oxygen atoms in total. The van der Waals surface area contributed by atoms with Crippen molar-refractivity contribution in [1.29, 1.82) is 0 Å². The minimum atomic E-state index is -1.96. The van der Waals surface area contributed by atoms with Gasteiger partial charge in [-0.1, -0.05) is 112 Å². The molecule has 4 atom stereocenters. The number of thioether (sulfide) groups is 1. The van der Waals surface area contributed by atoms with Crippen LogP contribution in [0.3, 0.4) is 0 Å². The number of aromatic nitrogens is 2. The molecule has 1 aliphatic rings. The Kier molecular flexibility index (Phi) is 10.6. The quantitative estimate of drug-likeness (QED) is 0.110. The topological polar surface area (TPSA) is 103 Å². The van der Waals surface area contributed by atoms with Crippen molar-refractivity contribution in [3.63, 3.8) is 0 Å². The van der Waals surface area contributed by atoms with E-state index in [0.717, 1.165) is 16.7 Å². The van der Waals surface area contributed by atoms with Gasteiger partial charge in [0.2, 0.25) is 0 Å². The van der Waals surface area contributed by atoms with Crippen molar-refractivity contribution in [3.8, 4) is 0 Å². The number of rotatable bonds is 12. The number of nitrogens with zero attached hydrogens (tertiary/aromatic N) is 1. The molecule has 0 spiro atoms. The van der Waals surface area contributed by atoms with Crippen LogP contribution in [-0.2, 0) is 19.5 Å². The number of ether oxygens (including phenoxy) is 2. The van der Waals surface area contributed by atoms with Gasteiger partial charge in [0.25, 0.3) is 5.56 Å². The Morgan fingerprint density at radius 1 is 0.870 bits per heavy atom. The summed E-state index contributed by atoms with van der Waals surface area (Å²) in [5.41, 5.74) is 0.714. The second-order valence-electron chi connectivity index (χ2n) is 13.1. The first-order chi connectivity index (χ1) is 21.9. The van der Waals surface area contributed by atoms with E-state index in [2.05, 4.69) is 75.2 Å². The molecule has 0 aliphatic carbocycles. The third-order valence-corrected chi connectivity index (χ3v) is 15.0. The van der Waals surface area contributed by atoms with Gasteiger partial charge in [0, 0.05) is 24.6 Å². The van der Waals surface area contributed by atoms with Gasteiger partial charge >= 0.3 is 5.69 Å². The smallest absolute Gasteiger partial charge is 0.330 e. The summed E-state index contributed by atoms with van der Waals surface area (Å²) in [5.74, 6) is 0.628. The minimum absolute atomic E-state index is 0.0795. The van der Waals surface area contributed by atoms with E-state index >= 15 is 0 Å². The number of H-pyrrole nitrogens is 1. The summed E-state index contributed by atoms with van der Waals surface area (Å²) in [6, 6.07) is 31.5. The molecule has 4 aromatic rings. The fourth-order valence-electron chi connectivity index (χ4n) is 5.59. The van der Waals surface area contributed by atoms with Crippen LogP contribution in [0.4, 0.5) is 0 Å². The first-order valence-corrected chi connectivity index (χ1v) is 19.6. The van der Waals surface area contributed by atoms with Gasteiger partial charge in [-0.05, 0) is 34.8 Å². The minimum Gasteiger partial charge on any atom is -0.416 e. The lowest BCUT2D eigenvalue weighted by Crippen LogP contribution is -2.41. The largest absolute Gasteiger partial charge is 0.416 e. The molecular weight excluding hydrogens is 617 g/mol. The highest BCUT2D eigenvalue weighted by Gasteiger charge is 2.47. The van der Waals surface area contributed by atoms with E-state index < -0.39 is 48.9 Å². The number of nitrogens with one attached hydrogen (secondary N) is 1. The molecule has 1 saturated heterocycles. The Bertz CT molecular complexity index is 1580. The van der Waals surface area contributed by atoms with Gasteiger partial charge in [0.15, 0.2) is 14.5 Å². The van der Waals surface area contributed by atoms with Gasteiger partial charge in [0.05, 0.1) is 18.0 Å². The first-order valence-electron chi connectivity index (χ1n) is 15.7. The number of benzene rings is 3. The zero-order valence-electron chi connectivity index (χ0n) is 27.1. The molecule has 1 aliphatic heterocycles. The van der Waals surface area contributed by atoms with Gasteiger partial charge in [0.1, 0.15) is 11.7 Å². The summed E-state index contributed by atoms with van der Waals surface area (Å²) in [6.07, 6.45) is -1.28. The maximum atomic E-state index is 12.8. The Morgan fingerprint density at radius 2 is 1.39 bits per heavy atom. The van der Waals surface area contributed by atoms with E-state index in [1.165, 1.54) is 16.8 Å². The van der Waals surface area contributed by atoms with E-state index in [9.17, 15) is 14.7 Å². The van der Waals surface area contributed by atoms with Crippen molar-refractivity contribution in [1.82, 2.24) is 9.55 Å². The zero-order valence-corrected chi connectivity index (χ0v) is 28.9. The molecule has 0 amide bonds. The van der Waals surface area contributed by atoms with Crippen molar-refractivity contribution in [3.05, 3.63) is 141 Å². The molecule has 5 rings (SSSR count). The van der Waals surface area contributed by atoms with Crippen LogP contribution in [-0.4, -0.2) is 59.4 Å². The van der Waals surface area contributed by atoms with Gasteiger partial charge in [-0.2, -0.15) is 11.8 Å². The summed E-state index contributed by atoms with van der Waals surface area (Å²) in [6.45, 7) is 11.7. The second-order valence-corrected chi connectivity index (χ2v) is 19.2. The van der Waals surface area contributed by atoms with Gasteiger partial charge in [-0.3, -0.25) is 14.3 Å². The Hall–Kier alpha value is -3.25. The SMILES string of the molecule is CC(C)(C)[Si](C)(C)OCCS[C@H]1[C@H](O)[C@H](n2ccc(=O)[nH]c2=O)O[C@@H]1COC(c1ccccc1)(c1ccccc1)c1ccccc1. The molecule has 2 N–H and O–H groups in total. The molecule has 0 bridgehead atoms. The molecule has 10 heteroatoms. The Morgan fingerprint density at radius 3 is 1.87 bits per heavy atom. The van der Waals surface area contributed by atoms with Crippen LogP contribution in [0.15, 0.2) is 113 Å². The normalized spacial score (nSPS) is 20.6. The Labute approximate surface area is 275 Å². The molecule has 0 saturated carbocycles. The fraction of sp³-hybridized carbons (Fsp3) is 0.389. The summed E-state index contributed by atoms with van der Waals surface area (Å²) in [7, 11) is -1.96. The second kappa shape index (κ2) is 14.2. The van der Waals surface area contributed by atoms with E-state index in [4.69, 9.17) is 13.9 Å². The van der Waals surface area contributed by atoms with Crippen LogP contribution in [0.1, 0.15) is 43.7 Å². The Balaban J connectivity index is 1.48. The van der Waals surface area contributed by atoms with Crippen molar-refractivity contribution in [2.45, 2.75) is 68.2 Å². The van der Waals surface area contributed by atoms with Gasteiger partial charge in [-0.15, -0.1) is 0 Å². The highest BCUT2D eigenvalue weighted by atomic mass is 32.2. The highest BCUT2D eigenvalue weighted by molar-refractivity contribution is 8.00. The maximum Gasteiger partial charge on any atom is 0.330 e. The monoisotopic (exact) mass is 660 g/mol. The highest BCUT2D eigenvalue weighted by Crippen LogP contribution is 2.43. The summed E-state index contributed by atoms with van der Waals surface area (Å²) >= 11 is 1.55. The standard InChI is InChI=1S/C36H44N2O6SSi/c1-35(2,3)46(4,5)43-23-24-45-32-29(44-33(31(32)40)38-22-21-30(39)37-34(38)41)25-42-36(26-15-9-6-10-16-26,27-17-11-7-12-18-27)28-19-13-8-14-20-28/h6-22,29,31-33,40H,23-25H2,1-5H3,(H,37,39,41)/t29-,31+,32-,33-/m1/s1. The molecule has 244 valence electrons. The van der Waals surface area contributed by atoms with Crippen LogP contribution in [0, 0.1) is 0 Å². The predicted octanol–water partition coefficient (Wildman–Crippen LogP) is 5.93. The lowest BCUT2D eigenvalue weighted by atomic mass is 9.80. The molecule has 1 fully saturated rings. The van der Waals surface area contributed by atoms with Crippen LogP contribution in [0.25, 0.3) is 0 Å². The maximum absolute atomic E-state index is 12.8. The summed E-state index contributed by atoms with van der Waals surface area (Å²) in [4.78, 5) is 26.9. The fourth-order valence-corrected chi connectivity index (χ4v) is 7.92. The van der Waals surface area contributed by atoms with Gasteiger partial charge in [-0.25, -0.2) is 4.79 Å². The number of aliphatic hydroxyl groups is 1. The number of hydrogen-bond donors (Lipinski definition) is 2. The number of aliphatic hydroxyl groups excluding tert-OH is 1. The lowest BCUT2D eigenvalue weighted by molar-refractivity contribution is -0.0872. The summed E-state index contributed by atoms with van der Waals surface area (Å²) in [5, 5.41) is 11.3. The number of hydrogen-bond acceptors (Lipinski definition) is 7. The average molecular weight is 661 g/mol. The van der Waals surface area contributed by atoms with Crippen LogP contribution < -0.4 is 11.2 Å². The van der Waals surface area contributed by atoms with Crippen molar-refractivity contribution in [2.24, 2.45) is 0 Å². The first kappa shape index (κ1) is 34.1. The van der Waals surface area contributed by atoms with E-state index in [-0.39, 0.29) is 11.6 Å². The molecule has 2 heterocycles.